The van der Waals surface area contributed by atoms with Crippen molar-refractivity contribution in [2.45, 2.75) is 86.8 Å². The molecule has 2 aromatic heterocycles. The maximum Gasteiger partial charge on any atom is 0.404 e. The van der Waals surface area contributed by atoms with Crippen molar-refractivity contribution in [2.24, 2.45) is 18.4 Å². The molecule has 7 nitrogen and oxygen atoms in total. The molecule has 0 spiro atoms. The predicted molar refractivity (Wildman–Crippen MR) is 211 cm³/mol. The van der Waals surface area contributed by atoms with E-state index in [1.807, 2.05) is 17.4 Å². The maximum atomic E-state index is 13.4. The fourth-order valence-corrected chi connectivity index (χ4v) is 11.9. The van der Waals surface area contributed by atoms with Crippen LogP contribution in [0.2, 0.25) is 0 Å². The van der Waals surface area contributed by atoms with Gasteiger partial charge in [-0.15, -0.1) is 0 Å². The second kappa shape index (κ2) is 15.6. The summed E-state index contributed by atoms with van der Waals surface area (Å²) in [6, 6.07) is 17.3. The minimum absolute atomic E-state index is 0.207. The van der Waals surface area contributed by atoms with Crippen LogP contribution in [-0.4, -0.2) is 38.3 Å². The molecule has 268 valence electrons. The van der Waals surface area contributed by atoms with Crippen molar-refractivity contribution in [1.82, 2.24) is 9.88 Å². The van der Waals surface area contributed by atoms with E-state index in [-0.39, 0.29) is 10.7 Å². The summed E-state index contributed by atoms with van der Waals surface area (Å²) in [5.41, 5.74) is 5.28. The first-order valence-electron chi connectivity index (χ1n) is 18.2. The summed E-state index contributed by atoms with van der Waals surface area (Å²) in [5, 5.41) is 14.4. The number of fused-ring (bicyclic) bond motifs is 2. The van der Waals surface area contributed by atoms with Gasteiger partial charge in [-0.3, -0.25) is 4.21 Å². The lowest BCUT2D eigenvalue weighted by Gasteiger charge is -2.33. The highest BCUT2D eigenvalue weighted by molar-refractivity contribution is 8.03. The average molecular weight is 742 g/mol. The lowest BCUT2D eigenvalue weighted by Crippen LogP contribution is -2.33. The Bertz CT molecular complexity index is 2000. The van der Waals surface area contributed by atoms with Crippen molar-refractivity contribution in [3.8, 4) is 0 Å². The van der Waals surface area contributed by atoms with Gasteiger partial charge >= 0.3 is 6.09 Å². The van der Waals surface area contributed by atoms with Crippen LogP contribution in [0.15, 0.2) is 106 Å². The molecule has 1 amide bonds. The molecule has 51 heavy (non-hydrogen) atoms. The molecule has 1 aliphatic heterocycles. The first-order chi connectivity index (χ1) is 24.6. The number of carbonyl (C=O) groups is 1. The number of thioether (sulfide) groups is 1. The molecule has 2 unspecified atom stereocenters. The van der Waals surface area contributed by atoms with Crippen LogP contribution < -0.4 is 14.8 Å². The Hall–Kier alpha value is -3.60. The molecular formula is C41H49N4O3S3+. The summed E-state index contributed by atoms with van der Waals surface area (Å²) < 4.78 is 19.4. The van der Waals surface area contributed by atoms with Gasteiger partial charge in [0.25, 0.3) is 0 Å². The van der Waals surface area contributed by atoms with Crippen molar-refractivity contribution in [3.63, 3.8) is 0 Å². The number of hydrogen-bond acceptors (Lipinski definition) is 5. The molecule has 0 bridgehead atoms. The van der Waals surface area contributed by atoms with E-state index in [1.54, 1.807) is 11.8 Å². The third-order valence-electron chi connectivity index (χ3n) is 10.3. The second-order valence-electron chi connectivity index (χ2n) is 15.0. The molecule has 10 heteroatoms. The molecule has 2 aromatic carbocycles. The molecule has 2 atom stereocenters. The van der Waals surface area contributed by atoms with Crippen molar-refractivity contribution < 1.29 is 18.7 Å². The Balaban J connectivity index is 1.08. The fraction of sp³-hybridized carbons (Fsp3) is 0.415. The minimum Gasteiger partial charge on any atom is -0.465 e. The topological polar surface area (TPSA) is 78.4 Å². The van der Waals surface area contributed by atoms with E-state index in [0.29, 0.717) is 25.4 Å². The van der Waals surface area contributed by atoms with Crippen LogP contribution in [-0.2, 0) is 30.8 Å². The van der Waals surface area contributed by atoms with E-state index in [9.17, 15) is 9.00 Å². The minimum atomic E-state index is -1.01. The molecule has 2 aliphatic carbocycles. The largest absolute Gasteiger partial charge is 0.465 e. The van der Waals surface area contributed by atoms with E-state index in [4.69, 9.17) is 5.11 Å². The zero-order valence-corrected chi connectivity index (χ0v) is 32.3. The first-order valence-corrected chi connectivity index (χ1v) is 21.0. The van der Waals surface area contributed by atoms with Gasteiger partial charge in [-0.05, 0) is 91.5 Å². The normalized spacial score (nSPS) is 20.4. The highest BCUT2D eigenvalue weighted by atomic mass is 32.2. The molecular weight excluding hydrogens is 693 g/mol. The van der Waals surface area contributed by atoms with Crippen LogP contribution >= 0.6 is 23.1 Å². The number of amides is 1. The van der Waals surface area contributed by atoms with Crippen molar-refractivity contribution >= 4 is 55.9 Å². The summed E-state index contributed by atoms with van der Waals surface area (Å²) in [6.45, 7) is 6.73. The number of allylic oxidation sites excluding steroid dienone is 5. The zero-order chi connectivity index (χ0) is 35.5. The molecule has 7 rings (SSSR count). The summed E-state index contributed by atoms with van der Waals surface area (Å²) in [7, 11) is 1.21. The molecule has 3 heterocycles. The summed E-state index contributed by atoms with van der Waals surface area (Å²) in [6.07, 6.45) is 20.7. The summed E-state index contributed by atoms with van der Waals surface area (Å²) in [5.74, 6) is 0.460. The number of carboxylic acid groups (broad SMARTS) is 1. The molecule has 0 saturated heterocycles. The van der Waals surface area contributed by atoms with E-state index in [2.05, 4.69) is 119 Å². The summed E-state index contributed by atoms with van der Waals surface area (Å²) >= 11 is 3.65. The molecule has 4 aromatic rings. The summed E-state index contributed by atoms with van der Waals surface area (Å²) in [4.78, 5) is 15.4. The van der Waals surface area contributed by atoms with E-state index < -0.39 is 16.9 Å². The Morgan fingerprint density at radius 2 is 1.94 bits per heavy atom. The molecule has 2 N–H and O–H groups in total. The highest BCUT2D eigenvalue weighted by Gasteiger charge is 2.31. The van der Waals surface area contributed by atoms with Gasteiger partial charge in [0.15, 0.2) is 0 Å². The number of hydrogen-bond donors (Lipinski definition) is 2. The van der Waals surface area contributed by atoms with Gasteiger partial charge in [-0.25, -0.2) is 4.79 Å². The van der Waals surface area contributed by atoms with Crippen molar-refractivity contribution in [3.05, 3.63) is 106 Å². The predicted octanol–water partition coefficient (Wildman–Crippen LogP) is 9.20. The zero-order valence-electron chi connectivity index (χ0n) is 29.8. The highest BCUT2D eigenvalue weighted by Crippen LogP contribution is 2.47. The van der Waals surface area contributed by atoms with Crippen molar-refractivity contribution in [2.75, 3.05) is 18.0 Å². The van der Waals surface area contributed by atoms with Crippen LogP contribution in [0.1, 0.15) is 69.4 Å². The Morgan fingerprint density at radius 3 is 2.73 bits per heavy atom. The van der Waals surface area contributed by atoms with Crippen LogP contribution in [0, 0.1) is 11.3 Å². The fourth-order valence-electron chi connectivity index (χ4n) is 7.97. The second-order valence-corrected chi connectivity index (χ2v) is 18.9. The van der Waals surface area contributed by atoms with E-state index in [0.717, 1.165) is 72.0 Å². The maximum absolute atomic E-state index is 13.4. The Labute approximate surface area is 312 Å². The van der Waals surface area contributed by atoms with E-state index >= 15 is 0 Å². The lowest BCUT2D eigenvalue weighted by molar-refractivity contribution is -0.648. The van der Waals surface area contributed by atoms with Crippen LogP contribution in [0.4, 0.5) is 10.5 Å². The van der Waals surface area contributed by atoms with Crippen LogP contribution in [0.25, 0.3) is 10.2 Å². The number of nitrogens with zero attached hydrogens (tertiary/aromatic N) is 3. The molecule has 1 fully saturated rings. The number of rotatable bonds is 12. The number of anilines is 1. The number of aromatic nitrogens is 2. The third kappa shape index (κ3) is 8.56. The van der Waals surface area contributed by atoms with Gasteiger partial charge in [0, 0.05) is 59.6 Å². The smallest absolute Gasteiger partial charge is 0.404 e. The van der Waals surface area contributed by atoms with Crippen molar-refractivity contribution in [1.29, 1.82) is 0 Å². The lowest BCUT2D eigenvalue weighted by atomic mass is 9.72. The number of nitrogens with one attached hydrogen (secondary N) is 1. The standard InChI is InChI=1S/C41H48N4O3S3/c1-41(2)26-29(22-31(27-41)24-39-43(3)34-23-30(14-16-36(34)50-39)28-44-19-6-7-20-44)10-8-13-38-45(21-9-18-42-40(46)47)35-25-33(15-17-37(35)49-38)51(48)32-11-4-5-12-32/h6-8,10,13-17,19-20,22-23,25,31-32,42H,4-5,9,11-12,18,21,24,26-28H2,1-3H3/p+1/b10-8+,38-13-. The third-order valence-corrected chi connectivity index (χ3v) is 14.5. The number of benzene rings is 2. The van der Waals surface area contributed by atoms with Gasteiger partial charge in [0.2, 0.25) is 10.5 Å². The van der Waals surface area contributed by atoms with Crippen LogP contribution in [0.5, 0.6) is 0 Å². The Kier molecular flexibility index (Phi) is 10.9. The Morgan fingerprint density at radius 1 is 1.14 bits per heavy atom. The van der Waals surface area contributed by atoms with Gasteiger partial charge in [-0.2, -0.15) is 4.57 Å². The number of aryl methyl sites for hydroxylation is 1. The SMILES string of the molecule is C[n+]1c(CC2C=C(/C=C/C=C3\Sc4ccc(S(=O)C5CCCC5)cc4N3CCCNC(=O)O)CC(C)(C)C2)sc2ccc(Cn3cccc3)cc21. The average Bonchev–Trinajstić information content (AvgIpc) is 3.91. The molecule has 3 aliphatic rings. The van der Waals surface area contributed by atoms with Crippen LogP contribution in [0.3, 0.4) is 0 Å². The number of thiazole rings is 1. The monoisotopic (exact) mass is 741 g/mol. The quantitative estimate of drug-likeness (QED) is 0.112. The first kappa shape index (κ1) is 35.8. The van der Waals surface area contributed by atoms with E-state index in [1.165, 1.54) is 26.4 Å². The molecule has 1 saturated carbocycles. The van der Waals surface area contributed by atoms with Gasteiger partial charge in [0.1, 0.15) is 11.7 Å². The van der Waals surface area contributed by atoms with Gasteiger partial charge in [0.05, 0.1) is 21.5 Å². The molecule has 0 radical (unpaired) electrons. The van der Waals surface area contributed by atoms with Gasteiger partial charge < -0.3 is 19.9 Å². The van der Waals surface area contributed by atoms with Gasteiger partial charge in [-0.1, -0.05) is 79.7 Å².